The summed E-state index contributed by atoms with van der Waals surface area (Å²) >= 11 is 0. The predicted molar refractivity (Wildman–Crippen MR) is 63.2 cm³/mol. The molecule has 0 radical (unpaired) electrons. The number of nitrogens with zero attached hydrogens (tertiary/aromatic N) is 4. The molecular weight excluding hydrogens is 250 g/mol. The monoisotopic (exact) mass is 261 g/mol. The molecule has 0 aliphatic rings. The summed E-state index contributed by atoms with van der Waals surface area (Å²) in [5, 5.41) is 10.7. The van der Waals surface area contributed by atoms with Gasteiger partial charge in [-0.15, -0.1) is 5.10 Å². The Morgan fingerprint density at radius 2 is 2.00 bits per heavy atom. The summed E-state index contributed by atoms with van der Waals surface area (Å²) in [4.78, 5) is 22.5. The smallest absolute Gasteiger partial charge is 0.338 e. The minimum Gasteiger partial charge on any atom is -0.449 e. The third-order valence-corrected chi connectivity index (χ3v) is 2.40. The van der Waals surface area contributed by atoms with Gasteiger partial charge in [0, 0.05) is 0 Å². The highest BCUT2D eigenvalue weighted by Crippen LogP contribution is 2.09. The molecule has 8 heteroatoms. The molecule has 1 heterocycles. The third-order valence-electron chi connectivity index (χ3n) is 2.40. The molecule has 2 rings (SSSR count). The number of esters is 1. The number of carbonyl (C=O) groups is 2. The molecule has 0 aliphatic carbocycles. The van der Waals surface area contributed by atoms with Crippen LogP contribution < -0.4 is 5.73 Å². The quantitative estimate of drug-likeness (QED) is 0.755. The first-order valence-electron chi connectivity index (χ1n) is 5.41. The number of carbonyl (C=O) groups excluding carboxylic acids is 2. The second-order valence-electron chi connectivity index (χ2n) is 3.75. The molecule has 0 unspecified atom stereocenters. The van der Waals surface area contributed by atoms with E-state index in [2.05, 4.69) is 15.5 Å². The number of hydrogen-bond donors (Lipinski definition) is 1. The second kappa shape index (κ2) is 5.25. The van der Waals surface area contributed by atoms with Gasteiger partial charge in [-0.2, -0.15) is 0 Å². The molecule has 0 saturated carbocycles. The first-order valence-corrected chi connectivity index (χ1v) is 5.41. The Morgan fingerprint density at radius 3 is 2.53 bits per heavy atom. The summed E-state index contributed by atoms with van der Waals surface area (Å²) in [6.07, 6.45) is 0.467. The van der Waals surface area contributed by atoms with E-state index in [9.17, 15) is 9.59 Å². The van der Waals surface area contributed by atoms with Gasteiger partial charge >= 0.3 is 5.97 Å². The highest BCUT2D eigenvalue weighted by molar-refractivity contribution is 5.92. The van der Waals surface area contributed by atoms with Crippen molar-refractivity contribution in [2.45, 2.75) is 13.0 Å². The fourth-order valence-corrected chi connectivity index (χ4v) is 1.32. The van der Waals surface area contributed by atoms with E-state index in [0.29, 0.717) is 11.3 Å². The first kappa shape index (κ1) is 12.7. The van der Waals surface area contributed by atoms with Gasteiger partial charge in [0.15, 0.2) is 6.10 Å². The van der Waals surface area contributed by atoms with Gasteiger partial charge in [-0.1, -0.05) is 0 Å². The van der Waals surface area contributed by atoms with Gasteiger partial charge in [0.05, 0.1) is 11.3 Å². The number of amides is 1. The Morgan fingerprint density at radius 1 is 1.32 bits per heavy atom. The predicted octanol–water partition coefficient (Wildman–Crippen LogP) is -0.307. The lowest BCUT2D eigenvalue weighted by molar-refractivity contribution is -0.125. The van der Waals surface area contributed by atoms with E-state index in [0.717, 1.165) is 0 Å². The molecule has 2 N–H and O–H groups in total. The fourth-order valence-electron chi connectivity index (χ4n) is 1.32. The Kier molecular flexibility index (Phi) is 3.51. The molecule has 0 bridgehead atoms. The van der Waals surface area contributed by atoms with Crippen LogP contribution in [-0.2, 0) is 9.53 Å². The van der Waals surface area contributed by atoms with Crippen LogP contribution in [0, 0.1) is 0 Å². The molecular formula is C11H11N5O3. The molecule has 2 aromatic rings. The van der Waals surface area contributed by atoms with Crippen LogP contribution in [0.2, 0.25) is 0 Å². The van der Waals surface area contributed by atoms with Crippen LogP contribution in [0.4, 0.5) is 0 Å². The van der Waals surface area contributed by atoms with Gasteiger partial charge in [0.25, 0.3) is 5.91 Å². The van der Waals surface area contributed by atoms with E-state index >= 15 is 0 Å². The molecule has 19 heavy (non-hydrogen) atoms. The number of benzene rings is 1. The van der Waals surface area contributed by atoms with E-state index in [4.69, 9.17) is 10.5 Å². The van der Waals surface area contributed by atoms with Crippen LogP contribution in [0.15, 0.2) is 30.6 Å². The average molecular weight is 261 g/mol. The highest BCUT2D eigenvalue weighted by Gasteiger charge is 2.16. The molecule has 0 fully saturated rings. The number of nitrogens with two attached hydrogens (primary N) is 1. The van der Waals surface area contributed by atoms with Crippen molar-refractivity contribution in [3.63, 3.8) is 0 Å². The van der Waals surface area contributed by atoms with Crippen LogP contribution in [0.5, 0.6) is 0 Å². The Labute approximate surface area is 108 Å². The minimum absolute atomic E-state index is 0.310. The zero-order valence-electron chi connectivity index (χ0n) is 10.1. The van der Waals surface area contributed by atoms with Gasteiger partial charge in [-0.3, -0.25) is 4.79 Å². The molecule has 0 aliphatic heterocycles. The SMILES string of the molecule is C[C@@H](OC(=O)c1ccc(-n2cnnn2)cc1)C(N)=O. The van der Waals surface area contributed by atoms with E-state index < -0.39 is 18.0 Å². The number of aromatic nitrogens is 4. The number of ether oxygens (including phenoxy) is 1. The second-order valence-corrected chi connectivity index (χ2v) is 3.75. The molecule has 8 nitrogen and oxygen atoms in total. The molecule has 1 amide bonds. The normalized spacial score (nSPS) is 11.8. The Balaban J connectivity index is 2.10. The van der Waals surface area contributed by atoms with E-state index in [1.165, 1.54) is 17.9 Å². The van der Waals surface area contributed by atoms with Crippen molar-refractivity contribution in [2.24, 2.45) is 5.73 Å². The maximum Gasteiger partial charge on any atom is 0.338 e. The van der Waals surface area contributed by atoms with Gasteiger partial charge in [0.2, 0.25) is 0 Å². The molecule has 98 valence electrons. The molecule has 0 saturated heterocycles. The Hall–Kier alpha value is -2.77. The van der Waals surface area contributed by atoms with Gasteiger partial charge < -0.3 is 10.5 Å². The van der Waals surface area contributed by atoms with Crippen molar-refractivity contribution in [1.82, 2.24) is 20.2 Å². The molecule has 0 spiro atoms. The summed E-state index contributed by atoms with van der Waals surface area (Å²) < 4.78 is 6.31. The summed E-state index contributed by atoms with van der Waals surface area (Å²) in [5.41, 5.74) is 6.02. The summed E-state index contributed by atoms with van der Waals surface area (Å²) in [6.45, 7) is 1.41. The van der Waals surface area contributed by atoms with Gasteiger partial charge in [-0.05, 0) is 41.6 Å². The van der Waals surface area contributed by atoms with Crippen molar-refractivity contribution in [3.05, 3.63) is 36.2 Å². The number of hydrogen-bond acceptors (Lipinski definition) is 6. The van der Waals surface area contributed by atoms with Crippen molar-refractivity contribution in [1.29, 1.82) is 0 Å². The van der Waals surface area contributed by atoms with E-state index in [-0.39, 0.29) is 0 Å². The Bertz CT molecular complexity index is 579. The van der Waals surface area contributed by atoms with Crippen molar-refractivity contribution < 1.29 is 14.3 Å². The van der Waals surface area contributed by atoms with E-state index in [1.54, 1.807) is 24.3 Å². The molecule has 1 aromatic heterocycles. The minimum atomic E-state index is -0.966. The van der Waals surface area contributed by atoms with Crippen LogP contribution >= 0.6 is 0 Å². The number of primary amides is 1. The zero-order valence-corrected chi connectivity index (χ0v) is 10.1. The summed E-state index contributed by atoms with van der Waals surface area (Å²) in [7, 11) is 0. The maximum atomic E-state index is 11.7. The molecule has 1 atom stereocenters. The first-order chi connectivity index (χ1) is 9.08. The van der Waals surface area contributed by atoms with Crippen molar-refractivity contribution >= 4 is 11.9 Å². The third kappa shape index (κ3) is 2.92. The lowest BCUT2D eigenvalue weighted by Crippen LogP contribution is -2.30. The number of tetrazole rings is 1. The topological polar surface area (TPSA) is 113 Å². The lowest BCUT2D eigenvalue weighted by atomic mass is 10.2. The van der Waals surface area contributed by atoms with Crippen molar-refractivity contribution in [3.8, 4) is 5.69 Å². The highest BCUT2D eigenvalue weighted by atomic mass is 16.5. The fraction of sp³-hybridized carbons (Fsp3) is 0.182. The summed E-state index contributed by atoms with van der Waals surface area (Å²) in [6, 6.07) is 6.41. The largest absolute Gasteiger partial charge is 0.449 e. The van der Waals surface area contributed by atoms with Crippen LogP contribution in [0.3, 0.4) is 0 Å². The van der Waals surface area contributed by atoms with Gasteiger partial charge in [0.1, 0.15) is 6.33 Å². The zero-order chi connectivity index (χ0) is 13.8. The summed E-state index contributed by atoms with van der Waals surface area (Å²) in [5.74, 6) is -1.31. The molecule has 1 aromatic carbocycles. The van der Waals surface area contributed by atoms with Crippen LogP contribution in [0.25, 0.3) is 5.69 Å². The average Bonchev–Trinajstić information content (AvgIpc) is 2.92. The standard InChI is InChI=1S/C11H11N5O3/c1-7(10(12)17)19-11(18)8-2-4-9(5-3-8)16-6-13-14-15-16/h2-7H,1H3,(H2,12,17)/t7-/m1/s1. The van der Waals surface area contributed by atoms with E-state index in [1.807, 2.05) is 0 Å². The number of rotatable bonds is 4. The maximum absolute atomic E-state index is 11.7. The lowest BCUT2D eigenvalue weighted by Gasteiger charge is -2.09. The van der Waals surface area contributed by atoms with Crippen LogP contribution in [-0.4, -0.2) is 38.2 Å². The van der Waals surface area contributed by atoms with Gasteiger partial charge in [-0.25, -0.2) is 9.48 Å². The van der Waals surface area contributed by atoms with Crippen molar-refractivity contribution in [2.75, 3.05) is 0 Å². The van der Waals surface area contributed by atoms with Crippen LogP contribution in [0.1, 0.15) is 17.3 Å².